The first-order valence-corrected chi connectivity index (χ1v) is 7.05. The van der Waals surface area contributed by atoms with Gasteiger partial charge in [-0.3, -0.25) is 0 Å². The number of anilines is 1. The van der Waals surface area contributed by atoms with E-state index in [0.717, 1.165) is 11.7 Å². The lowest BCUT2D eigenvalue weighted by Gasteiger charge is -2.27. The molecule has 0 saturated heterocycles. The van der Waals surface area contributed by atoms with Gasteiger partial charge in [0.1, 0.15) is 0 Å². The highest BCUT2D eigenvalue weighted by molar-refractivity contribution is 7.15. The van der Waals surface area contributed by atoms with Crippen molar-refractivity contribution in [1.82, 2.24) is 4.98 Å². The molecule has 0 unspecified atom stereocenters. The van der Waals surface area contributed by atoms with Crippen LogP contribution in [0.3, 0.4) is 0 Å². The minimum absolute atomic E-state index is 0.280. The van der Waals surface area contributed by atoms with Gasteiger partial charge in [0, 0.05) is 16.8 Å². The fourth-order valence-electron chi connectivity index (χ4n) is 2.23. The highest BCUT2D eigenvalue weighted by Gasteiger charge is 2.31. The van der Waals surface area contributed by atoms with E-state index in [9.17, 15) is 0 Å². The average molecular weight is 238 g/mol. The van der Waals surface area contributed by atoms with E-state index >= 15 is 0 Å². The predicted octanol–water partition coefficient (Wildman–Crippen LogP) is 3.82. The lowest BCUT2D eigenvalue weighted by Crippen LogP contribution is -2.23. The molecule has 1 heterocycles. The molecule has 90 valence electrons. The van der Waals surface area contributed by atoms with Crippen molar-refractivity contribution >= 4 is 16.5 Å². The van der Waals surface area contributed by atoms with Gasteiger partial charge >= 0.3 is 0 Å². The maximum atomic E-state index is 4.78. The minimum Gasteiger partial charge on any atom is -0.361 e. The molecule has 0 aliphatic heterocycles. The van der Waals surface area contributed by atoms with E-state index < -0.39 is 0 Å². The highest BCUT2D eigenvalue weighted by Crippen LogP contribution is 2.40. The number of nitrogens with zero attached hydrogens (tertiary/aromatic N) is 1. The first kappa shape index (κ1) is 11.9. The van der Waals surface area contributed by atoms with E-state index in [-0.39, 0.29) is 5.41 Å². The van der Waals surface area contributed by atoms with Gasteiger partial charge in [0.2, 0.25) is 0 Å². The van der Waals surface area contributed by atoms with Crippen molar-refractivity contribution < 1.29 is 0 Å². The molecule has 0 atom stereocenters. The zero-order chi connectivity index (χ0) is 11.8. The van der Waals surface area contributed by atoms with E-state index in [1.807, 2.05) is 11.3 Å². The van der Waals surface area contributed by atoms with E-state index in [2.05, 4.69) is 33.0 Å². The first-order valence-electron chi connectivity index (χ1n) is 6.23. The van der Waals surface area contributed by atoms with Gasteiger partial charge in [0.15, 0.2) is 5.13 Å². The molecule has 2 nitrogen and oxygen atoms in total. The van der Waals surface area contributed by atoms with Gasteiger partial charge in [-0.1, -0.05) is 27.7 Å². The number of fused-ring (bicyclic) bond motifs is 1. The topological polar surface area (TPSA) is 24.9 Å². The van der Waals surface area contributed by atoms with Gasteiger partial charge in [-0.2, -0.15) is 0 Å². The van der Waals surface area contributed by atoms with Gasteiger partial charge in [-0.15, -0.1) is 11.3 Å². The average Bonchev–Trinajstić information content (AvgIpc) is 2.59. The zero-order valence-electron chi connectivity index (χ0n) is 10.8. The Morgan fingerprint density at radius 3 is 2.81 bits per heavy atom. The van der Waals surface area contributed by atoms with Gasteiger partial charge < -0.3 is 5.32 Å². The molecular formula is C13H22N2S. The summed E-state index contributed by atoms with van der Waals surface area (Å²) in [5.74, 6) is 0.675. The molecule has 0 spiro atoms. The number of thiazole rings is 1. The van der Waals surface area contributed by atoms with Crippen molar-refractivity contribution in [2.45, 2.75) is 52.4 Å². The Morgan fingerprint density at radius 1 is 1.44 bits per heavy atom. The molecule has 0 aromatic carbocycles. The third-order valence-corrected chi connectivity index (χ3v) is 4.28. The molecule has 0 fully saturated rings. The number of aryl methyl sites for hydroxylation is 1. The second kappa shape index (κ2) is 4.36. The summed E-state index contributed by atoms with van der Waals surface area (Å²) in [5, 5.41) is 4.57. The molecule has 2 rings (SSSR count). The summed E-state index contributed by atoms with van der Waals surface area (Å²) in [4.78, 5) is 6.29. The Hall–Kier alpha value is -0.570. The third kappa shape index (κ3) is 2.40. The van der Waals surface area contributed by atoms with Crippen LogP contribution in [-0.4, -0.2) is 11.5 Å². The molecule has 1 N–H and O–H groups in total. The van der Waals surface area contributed by atoms with Gasteiger partial charge in [-0.05, 0) is 25.2 Å². The van der Waals surface area contributed by atoms with Crippen LogP contribution in [0.25, 0.3) is 0 Å². The molecule has 16 heavy (non-hydrogen) atoms. The molecule has 0 radical (unpaired) electrons. The zero-order valence-corrected chi connectivity index (χ0v) is 11.6. The quantitative estimate of drug-likeness (QED) is 0.866. The van der Waals surface area contributed by atoms with Crippen molar-refractivity contribution in [2.24, 2.45) is 5.92 Å². The maximum absolute atomic E-state index is 4.78. The second-order valence-corrected chi connectivity index (χ2v) is 6.89. The van der Waals surface area contributed by atoms with Crippen molar-refractivity contribution in [3.8, 4) is 0 Å². The largest absolute Gasteiger partial charge is 0.361 e. The van der Waals surface area contributed by atoms with Gasteiger partial charge in [0.25, 0.3) is 0 Å². The highest BCUT2D eigenvalue weighted by atomic mass is 32.1. The molecule has 1 aromatic heterocycles. The fourth-order valence-corrected chi connectivity index (χ4v) is 3.42. The van der Waals surface area contributed by atoms with E-state index in [1.165, 1.54) is 29.8 Å². The van der Waals surface area contributed by atoms with Crippen LogP contribution in [0.4, 0.5) is 5.13 Å². The molecule has 0 saturated carbocycles. The summed E-state index contributed by atoms with van der Waals surface area (Å²) in [5.41, 5.74) is 1.62. The Morgan fingerprint density at radius 2 is 2.19 bits per heavy atom. The number of aromatic nitrogens is 1. The van der Waals surface area contributed by atoms with Crippen LogP contribution in [0, 0.1) is 5.92 Å². The normalized spacial score (nSPS) is 18.6. The lowest BCUT2D eigenvalue weighted by molar-refractivity contribution is 0.424. The van der Waals surface area contributed by atoms with Crippen molar-refractivity contribution in [2.75, 3.05) is 11.9 Å². The van der Waals surface area contributed by atoms with Crippen LogP contribution in [0.15, 0.2) is 0 Å². The monoisotopic (exact) mass is 238 g/mol. The second-order valence-electron chi connectivity index (χ2n) is 5.80. The number of nitrogens with one attached hydrogen (secondary N) is 1. The summed E-state index contributed by atoms with van der Waals surface area (Å²) >= 11 is 1.86. The SMILES string of the molecule is CC(C)CNc1nc2c(s1)CCCC2(C)C. The molecule has 0 amide bonds. The molecule has 0 bridgehead atoms. The molecule has 1 aliphatic rings. The van der Waals surface area contributed by atoms with Crippen LogP contribution < -0.4 is 5.32 Å². The first-order chi connectivity index (χ1) is 7.49. The Labute approximate surface area is 102 Å². The number of hydrogen-bond donors (Lipinski definition) is 1. The minimum atomic E-state index is 0.280. The summed E-state index contributed by atoms with van der Waals surface area (Å²) in [7, 11) is 0. The maximum Gasteiger partial charge on any atom is 0.183 e. The van der Waals surface area contributed by atoms with Crippen LogP contribution >= 0.6 is 11.3 Å². The van der Waals surface area contributed by atoms with Crippen LogP contribution in [0.2, 0.25) is 0 Å². The van der Waals surface area contributed by atoms with Crippen molar-refractivity contribution in [1.29, 1.82) is 0 Å². The number of rotatable bonds is 3. The van der Waals surface area contributed by atoms with Gasteiger partial charge in [-0.25, -0.2) is 4.98 Å². The van der Waals surface area contributed by atoms with Crippen molar-refractivity contribution in [3.63, 3.8) is 0 Å². The van der Waals surface area contributed by atoms with E-state index in [4.69, 9.17) is 4.98 Å². The van der Waals surface area contributed by atoms with Crippen molar-refractivity contribution in [3.05, 3.63) is 10.6 Å². The predicted molar refractivity (Wildman–Crippen MR) is 71.4 cm³/mol. The Bertz CT molecular complexity index is 366. The molecule has 1 aromatic rings. The number of hydrogen-bond acceptors (Lipinski definition) is 3. The lowest BCUT2D eigenvalue weighted by atomic mass is 9.79. The fraction of sp³-hybridized carbons (Fsp3) is 0.769. The van der Waals surface area contributed by atoms with Gasteiger partial charge in [0.05, 0.1) is 5.69 Å². The van der Waals surface area contributed by atoms with Crippen LogP contribution in [-0.2, 0) is 11.8 Å². The van der Waals surface area contributed by atoms with E-state index in [1.54, 1.807) is 0 Å². The summed E-state index contributed by atoms with van der Waals surface area (Å²) in [6.45, 7) is 10.1. The Kier molecular flexibility index (Phi) is 3.24. The van der Waals surface area contributed by atoms with Crippen LogP contribution in [0.5, 0.6) is 0 Å². The third-order valence-electron chi connectivity index (χ3n) is 3.21. The van der Waals surface area contributed by atoms with E-state index in [0.29, 0.717) is 5.92 Å². The Balaban J connectivity index is 2.16. The summed E-state index contributed by atoms with van der Waals surface area (Å²) in [6.07, 6.45) is 3.80. The molecule has 3 heteroatoms. The summed E-state index contributed by atoms with van der Waals surface area (Å²) < 4.78 is 0. The molecule has 1 aliphatic carbocycles. The standard InChI is InChI=1S/C13H22N2S/c1-9(2)8-14-12-15-11-10(16-12)6-5-7-13(11,3)4/h9H,5-8H2,1-4H3,(H,14,15). The smallest absolute Gasteiger partial charge is 0.183 e. The molecular weight excluding hydrogens is 216 g/mol. The summed E-state index contributed by atoms with van der Waals surface area (Å²) in [6, 6.07) is 0. The van der Waals surface area contributed by atoms with Crippen LogP contribution in [0.1, 0.15) is 51.1 Å².